The van der Waals surface area contributed by atoms with Crippen LogP contribution in [0.1, 0.15) is 316 Å². The minimum absolute atomic E-state index is 0.0660. The van der Waals surface area contributed by atoms with E-state index >= 15 is 0 Å². The topological polar surface area (TPSA) is 78.9 Å². The summed E-state index contributed by atoms with van der Waals surface area (Å²) >= 11 is 0. The van der Waals surface area contributed by atoms with Gasteiger partial charge >= 0.3 is 17.9 Å². The highest BCUT2D eigenvalue weighted by atomic mass is 16.6. The summed E-state index contributed by atoms with van der Waals surface area (Å²) in [5.41, 5.74) is 0. The van der Waals surface area contributed by atoms with Gasteiger partial charge in [0.15, 0.2) is 6.10 Å². The molecule has 0 saturated carbocycles. The zero-order valence-corrected chi connectivity index (χ0v) is 43.8. The Hall–Kier alpha value is -2.11. The summed E-state index contributed by atoms with van der Waals surface area (Å²) in [5, 5.41) is 0. The van der Waals surface area contributed by atoms with Crippen molar-refractivity contribution in [2.24, 2.45) is 0 Å². The number of allylic oxidation sites excluding steroid dienone is 4. The molecule has 0 aliphatic rings. The van der Waals surface area contributed by atoms with E-state index in [2.05, 4.69) is 45.1 Å². The van der Waals surface area contributed by atoms with Crippen molar-refractivity contribution >= 4 is 17.9 Å². The second kappa shape index (κ2) is 54.5. The Balaban J connectivity index is 3.86. The van der Waals surface area contributed by atoms with Crippen LogP contribution in [0.15, 0.2) is 24.3 Å². The number of unbranched alkanes of at least 4 members (excludes halogenated alkanes) is 38. The Morgan fingerprint density at radius 3 is 0.846 bits per heavy atom. The van der Waals surface area contributed by atoms with E-state index < -0.39 is 6.10 Å². The molecule has 0 aliphatic heterocycles. The summed E-state index contributed by atoms with van der Waals surface area (Å²) < 4.78 is 16.7. The molecule has 1 atom stereocenters. The van der Waals surface area contributed by atoms with E-state index in [-0.39, 0.29) is 31.1 Å². The number of hydrogen-bond donors (Lipinski definition) is 0. The zero-order valence-electron chi connectivity index (χ0n) is 43.8. The van der Waals surface area contributed by atoms with Gasteiger partial charge in [0.05, 0.1) is 0 Å². The van der Waals surface area contributed by atoms with E-state index in [0.29, 0.717) is 19.3 Å². The largest absolute Gasteiger partial charge is 0.462 e. The van der Waals surface area contributed by atoms with Crippen molar-refractivity contribution in [2.45, 2.75) is 322 Å². The Morgan fingerprint density at radius 2 is 0.554 bits per heavy atom. The molecular weight excluding hydrogens is 805 g/mol. The predicted molar refractivity (Wildman–Crippen MR) is 279 cm³/mol. The minimum atomic E-state index is -0.760. The van der Waals surface area contributed by atoms with Crippen molar-refractivity contribution in [3.63, 3.8) is 0 Å². The second-order valence-corrected chi connectivity index (χ2v) is 19.6. The lowest BCUT2D eigenvalue weighted by atomic mass is 10.0. The molecule has 0 saturated heterocycles. The molecule has 6 heteroatoms. The van der Waals surface area contributed by atoms with Gasteiger partial charge in [0.2, 0.25) is 0 Å². The number of esters is 3. The van der Waals surface area contributed by atoms with Gasteiger partial charge < -0.3 is 14.2 Å². The van der Waals surface area contributed by atoms with E-state index in [9.17, 15) is 14.4 Å². The van der Waals surface area contributed by atoms with Crippen LogP contribution in [0, 0.1) is 0 Å². The highest BCUT2D eigenvalue weighted by Crippen LogP contribution is 2.17. The van der Waals surface area contributed by atoms with Crippen LogP contribution in [0.25, 0.3) is 0 Å². The van der Waals surface area contributed by atoms with E-state index in [4.69, 9.17) is 14.2 Å². The summed E-state index contributed by atoms with van der Waals surface area (Å²) in [5.74, 6) is -0.866. The summed E-state index contributed by atoms with van der Waals surface area (Å²) in [6, 6.07) is 0. The zero-order chi connectivity index (χ0) is 47.2. The number of ether oxygens (including phenoxy) is 3. The fourth-order valence-corrected chi connectivity index (χ4v) is 8.59. The standard InChI is InChI=1S/C59H110O6/c1-4-7-10-13-15-17-19-20-21-22-23-24-25-26-27-28-29-30-31-32-33-34-35-36-37-38-40-41-43-46-49-52-58(61)64-55-56(54-63-57(60)51-48-45-12-9-6-3)65-59(62)53-50-47-44-42-39-18-16-14-11-8-5-2/h19-20,22-23,56H,4-18,21,24-55H2,1-3H3/b20-19-,23-22-. The van der Waals surface area contributed by atoms with Crippen LogP contribution in [0.2, 0.25) is 0 Å². The lowest BCUT2D eigenvalue weighted by Crippen LogP contribution is -2.30. The third-order valence-electron chi connectivity index (χ3n) is 13.0. The fourth-order valence-electron chi connectivity index (χ4n) is 8.59. The van der Waals surface area contributed by atoms with E-state index in [1.807, 2.05) is 0 Å². The van der Waals surface area contributed by atoms with Crippen LogP contribution in [0.4, 0.5) is 0 Å². The average Bonchev–Trinajstić information content (AvgIpc) is 3.30. The van der Waals surface area contributed by atoms with Crippen molar-refractivity contribution in [1.29, 1.82) is 0 Å². The van der Waals surface area contributed by atoms with Gasteiger partial charge in [0.25, 0.3) is 0 Å². The summed E-state index contributed by atoms with van der Waals surface area (Å²) in [6.07, 6.45) is 63.8. The molecule has 0 rings (SSSR count). The van der Waals surface area contributed by atoms with E-state index in [1.165, 1.54) is 205 Å². The molecule has 0 aromatic carbocycles. The maximum absolute atomic E-state index is 12.7. The molecule has 0 N–H and O–H groups in total. The molecule has 0 heterocycles. The normalized spacial score (nSPS) is 12.1. The summed E-state index contributed by atoms with van der Waals surface area (Å²) in [4.78, 5) is 37.6. The van der Waals surface area contributed by atoms with Gasteiger partial charge in [0.1, 0.15) is 13.2 Å². The molecule has 1 unspecified atom stereocenters. The van der Waals surface area contributed by atoms with Crippen molar-refractivity contribution in [2.75, 3.05) is 13.2 Å². The molecule has 0 bridgehead atoms. The van der Waals surface area contributed by atoms with Gasteiger partial charge in [-0.2, -0.15) is 0 Å². The highest BCUT2D eigenvalue weighted by molar-refractivity contribution is 5.71. The molecule has 0 amide bonds. The number of carbonyl (C=O) groups is 3. The number of rotatable bonds is 53. The summed E-state index contributed by atoms with van der Waals surface area (Å²) in [6.45, 7) is 6.57. The van der Waals surface area contributed by atoms with Gasteiger partial charge in [0, 0.05) is 19.3 Å². The molecule has 6 nitrogen and oxygen atoms in total. The Morgan fingerprint density at radius 1 is 0.308 bits per heavy atom. The second-order valence-electron chi connectivity index (χ2n) is 19.6. The first-order valence-electron chi connectivity index (χ1n) is 28.8. The molecule has 0 fully saturated rings. The first kappa shape index (κ1) is 62.9. The predicted octanol–water partition coefficient (Wildman–Crippen LogP) is 19.1. The molecule has 382 valence electrons. The minimum Gasteiger partial charge on any atom is -0.462 e. The first-order chi connectivity index (χ1) is 32.0. The third kappa shape index (κ3) is 52.7. The third-order valence-corrected chi connectivity index (χ3v) is 13.0. The van der Waals surface area contributed by atoms with Crippen LogP contribution in [0.3, 0.4) is 0 Å². The van der Waals surface area contributed by atoms with Crippen LogP contribution < -0.4 is 0 Å². The van der Waals surface area contributed by atoms with Gasteiger partial charge in [-0.3, -0.25) is 14.4 Å². The Kier molecular flexibility index (Phi) is 52.7. The number of carbonyl (C=O) groups excluding carboxylic acids is 3. The smallest absolute Gasteiger partial charge is 0.306 e. The van der Waals surface area contributed by atoms with Crippen molar-refractivity contribution in [3.05, 3.63) is 24.3 Å². The number of hydrogen-bond acceptors (Lipinski definition) is 6. The molecule has 65 heavy (non-hydrogen) atoms. The van der Waals surface area contributed by atoms with Crippen molar-refractivity contribution in [3.8, 4) is 0 Å². The maximum Gasteiger partial charge on any atom is 0.306 e. The maximum atomic E-state index is 12.7. The van der Waals surface area contributed by atoms with Gasteiger partial charge in [-0.15, -0.1) is 0 Å². The summed E-state index contributed by atoms with van der Waals surface area (Å²) in [7, 11) is 0. The quantitative estimate of drug-likeness (QED) is 0.0262. The van der Waals surface area contributed by atoms with Crippen LogP contribution >= 0.6 is 0 Å². The highest BCUT2D eigenvalue weighted by Gasteiger charge is 2.19. The Bertz CT molecular complexity index is 1050. The molecule has 0 spiro atoms. The lowest BCUT2D eigenvalue weighted by Gasteiger charge is -2.18. The van der Waals surface area contributed by atoms with Gasteiger partial charge in [-0.1, -0.05) is 270 Å². The van der Waals surface area contributed by atoms with Crippen LogP contribution in [-0.4, -0.2) is 37.2 Å². The van der Waals surface area contributed by atoms with E-state index in [1.54, 1.807) is 0 Å². The average molecular weight is 916 g/mol. The van der Waals surface area contributed by atoms with Crippen molar-refractivity contribution in [1.82, 2.24) is 0 Å². The van der Waals surface area contributed by atoms with Crippen LogP contribution in [-0.2, 0) is 28.6 Å². The molecule has 0 aromatic rings. The Labute approximate surface area is 404 Å². The molecule has 0 radical (unpaired) electrons. The SMILES string of the molecule is CCCCCCC/C=C\C/C=C\CCCCCCCCCCCCCCCCCCCCCC(=O)OCC(COC(=O)CCCCCCC)OC(=O)CCCCCCCCCCCCC. The monoisotopic (exact) mass is 915 g/mol. The molecule has 0 aliphatic carbocycles. The molecule has 0 aromatic heterocycles. The van der Waals surface area contributed by atoms with Gasteiger partial charge in [-0.25, -0.2) is 0 Å². The van der Waals surface area contributed by atoms with Gasteiger partial charge in [-0.05, 0) is 51.4 Å². The molecular formula is C59H110O6. The van der Waals surface area contributed by atoms with E-state index in [0.717, 1.165) is 70.6 Å². The first-order valence-corrected chi connectivity index (χ1v) is 28.8. The fraction of sp³-hybridized carbons (Fsp3) is 0.881. The lowest BCUT2D eigenvalue weighted by molar-refractivity contribution is -0.167. The van der Waals surface area contributed by atoms with Crippen LogP contribution in [0.5, 0.6) is 0 Å². The van der Waals surface area contributed by atoms with Crippen molar-refractivity contribution < 1.29 is 28.6 Å².